The van der Waals surface area contributed by atoms with Crippen molar-refractivity contribution in [1.82, 2.24) is 0 Å². The van der Waals surface area contributed by atoms with Gasteiger partial charge in [-0.3, -0.25) is 0 Å². The summed E-state index contributed by atoms with van der Waals surface area (Å²) in [6.45, 7) is 1.58. The fourth-order valence-corrected chi connectivity index (χ4v) is 1.30. The van der Waals surface area contributed by atoms with E-state index in [0.29, 0.717) is 0 Å². The average Bonchev–Trinajstić information content (AvgIpc) is 2.31. The molecular weight excluding hydrogens is 231 g/mol. The van der Waals surface area contributed by atoms with Gasteiger partial charge in [-0.25, -0.2) is 9.18 Å². The van der Waals surface area contributed by atoms with Gasteiger partial charge in [0, 0.05) is 5.56 Å². The van der Waals surface area contributed by atoms with Gasteiger partial charge >= 0.3 is 5.97 Å². The van der Waals surface area contributed by atoms with Crippen molar-refractivity contribution in [2.75, 3.05) is 6.61 Å². The topological polar surface area (TPSA) is 87.0 Å². The quantitative estimate of drug-likeness (QED) is 0.671. The van der Waals surface area contributed by atoms with E-state index in [1.807, 2.05) is 0 Å². The molecule has 0 amide bonds. The Morgan fingerprint density at radius 2 is 2.12 bits per heavy atom. The molecule has 6 heteroatoms. The highest BCUT2D eigenvalue weighted by molar-refractivity contribution is 5.75. The lowest BCUT2D eigenvalue weighted by Gasteiger charge is -2.17. The van der Waals surface area contributed by atoms with Crippen molar-refractivity contribution >= 4 is 5.97 Å². The van der Waals surface area contributed by atoms with Crippen LogP contribution in [-0.4, -0.2) is 34.0 Å². The van der Waals surface area contributed by atoms with Gasteiger partial charge in [0.05, 0.1) is 6.61 Å². The van der Waals surface area contributed by atoms with Crippen molar-refractivity contribution in [3.63, 3.8) is 0 Å². The zero-order valence-corrected chi connectivity index (χ0v) is 9.13. The van der Waals surface area contributed by atoms with Crippen LogP contribution in [-0.2, 0) is 9.53 Å². The number of phenols is 1. The highest BCUT2D eigenvalue weighted by Gasteiger charge is 2.29. The summed E-state index contributed by atoms with van der Waals surface area (Å²) in [5, 5.41) is 28.4. The van der Waals surface area contributed by atoms with E-state index >= 15 is 0 Å². The number of ether oxygens (including phenoxy) is 1. The number of benzene rings is 1. The number of aliphatic hydroxyl groups excluding tert-OH is 2. The van der Waals surface area contributed by atoms with Crippen LogP contribution >= 0.6 is 0 Å². The van der Waals surface area contributed by atoms with E-state index < -0.39 is 29.7 Å². The Balaban J connectivity index is 2.92. The number of para-hydroxylation sites is 1. The largest absolute Gasteiger partial charge is 0.505 e. The van der Waals surface area contributed by atoms with Crippen molar-refractivity contribution in [3.8, 4) is 5.75 Å². The molecule has 1 aromatic carbocycles. The number of carbonyl (C=O) groups is 1. The molecule has 0 aliphatic carbocycles. The minimum atomic E-state index is -1.87. The number of carbonyl (C=O) groups excluding carboxylic acids is 1. The Morgan fingerprint density at radius 1 is 1.47 bits per heavy atom. The molecule has 2 atom stereocenters. The average molecular weight is 244 g/mol. The standard InChI is InChI=1S/C11H13FO5/c1-2-17-11(16)10(15)9(14)6-4-3-5-7(12)8(6)13/h3-5,9-10,13-15H,2H2,1H3. The number of phenolic OH excluding ortho intramolecular Hbond substituents is 1. The number of halogens is 1. The van der Waals surface area contributed by atoms with Crippen LogP contribution < -0.4 is 0 Å². The maximum Gasteiger partial charge on any atom is 0.338 e. The Hall–Kier alpha value is -1.66. The second-order valence-electron chi connectivity index (χ2n) is 3.32. The fourth-order valence-electron chi connectivity index (χ4n) is 1.30. The molecule has 94 valence electrons. The lowest BCUT2D eigenvalue weighted by Crippen LogP contribution is -2.30. The maximum absolute atomic E-state index is 13.0. The normalized spacial score (nSPS) is 14.1. The summed E-state index contributed by atoms with van der Waals surface area (Å²) in [6.07, 6.45) is -3.62. The van der Waals surface area contributed by atoms with E-state index in [9.17, 15) is 24.5 Å². The number of hydrogen-bond donors (Lipinski definition) is 3. The van der Waals surface area contributed by atoms with E-state index in [4.69, 9.17) is 0 Å². The Bertz CT molecular complexity index is 407. The number of hydrogen-bond acceptors (Lipinski definition) is 5. The highest BCUT2D eigenvalue weighted by atomic mass is 19.1. The van der Waals surface area contributed by atoms with Crippen LogP contribution in [0.4, 0.5) is 4.39 Å². The second kappa shape index (κ2) is 5.60. The first-order chi connectivity index (χ1) is 7.99. The van der Waals surface area contributed by atoms with Crippen LogP contribution in [0.15, 0.2) is 18.2 Å². The molecule has 0 aromatic heterocycles. The molecule has 1 rings (SSSR count). The molecule has 17 heavy (non-hydrogen) atoms. The maximum atomic E-state index is 13.0. The molecule has 2 unspecified atom stereocenters. The van der Waals surface area contributed by atoms with Crippen LogP contribution in [0.3, 0.4) is 0 Å². The monoisotopic (exact) mass is 244 g/mol. The zero-order valence-electron chi connectivity index (χ0n) is 9.13. The Labute approximate surface area is 97.1 Å². The van der Waals surface area contributed by atoms with Crippen LogP contribution in [0.2, 0.25) is 0 Å². The van der Waals surface area contributed by atoms with Crippen molar-refractivity contribution < 1.29 is 29.2 Å². The van der Waals surface area contributed by atoms with Crippen molar-refractivity contribution in [2.24, 2.45) is 0 Å². The number of esters is 1. The fraction of sp³-hybridized carbons (Fsp3) is 0.364. The van der Waals surface area contributed by atoms with Crippen molar-refractivity contribution in [1.29, 1.82) is 0 Å². The third-order valence-electron chi connectivity index (χ3n) is 2.16. The summed E-state index contributed by atoms with van der Waals surface area (Å²) >= 11 is 0. The molecular formula is C11H13FO5. The first-order valence-corrected chi connectivity index (χ1v) is 4.99. The van der Waals surface area contributed by atoms with Crippen LogP contribution in [0.25, 0.3) is 0 Å². The molecule has 3 N–H and O–H groups in total. The molecule has 1 aromatic rings. The molecule has 0 fully saturated rings. The molecule has 0 aliphatic rings. The SMILES string of the molecule is CCOC(=O)C(O)C(O)c1cccc(F)c1O. The molecule has 0 heterocycles. The predicted molar refractivity (Wildman–Crippen MR) is 55.7 cm³/mol. The minimum Gasteiger partial charge on any atom is -0.505 e. The van der Waals surface area contributed by atoms with Gasteiger partial charge in [0.25, 0.3) is 0 Å². The first-order valence-electron chi connectivity index (χ1n) is 4.99. The second-order valence-corrected chi connectivity index (χ2v) is 3.32. The summed E-state index contributed by atoms with van der Waals surface area (Å²) in [5.74, 6) is -2.79. The van der Waals surface area contributed by atoms with Gasteiger partial charge in [-0.1, -0.05) is 12.1 Å². The van der Waals surface area contributed by atoms with E-state index in [1.165, 1.54) is 19.1 Å². The van der Waals surface area contributed by atoms with Crippen molar-refractivity contribution in [3.05, 3.63) is 29.6 Å². The molecule has 0 saturated carbocycles. The minimum absolute atomic E-state index is 0.0394. The summed E-state index contributed by atoms with van der Waals surface area (Å²) in [4.78, 5) is 11.1. The summed E-state index contributed by atoms with van der Waals surface area (Å²) in [5.41, 5.74) is -0.273. The summed E-state index contributed by atoms with van der Waals surface area (Å²) in [7, 11) is 0. The number of rotatable bonds is 4. The van der Waals surface area contributed by atoms with E-state index in [-0.39, 0.29) is 12.2 Å². The summed E-state index contributed by atoms with van der Waals surface area (Å²) < 4.78 is 17.5. The van der Waals surface area contributed by atoms with Gasteiger partial charge in [-0.05, 0) is 13.0 Å². The number of aliphatic hydroxyl groups is 2. The van der Waals surface area contributed by atoms with Crippen LogP contribution in [0, 0.1) is 5.82 Å². The number of aromatic hydroxyl groups is 1. The van der Waals surface area contributed by atoms with Gasteiger partial charge in [-0.15, -0.1) is 0 Å². The lowest BCUT2D eigenvalue weighted by molar-refractivity contribution is -0.159. The van der Waals surface area contributed by atoms with Gasteiger partial charge in [-0.2, -0.15) is 0 Å². The van der Waals surface area contributed by atoms with Gasteiger partial charge in [0.1, 0.15) is 6.10 Å². The van der Waals surface area contributed by atoms with Crippen LogP contribution in [0.1, 0.15) is 18.6 Å². The Morgan fingerprint density at radius 3 is 2.71 bits per heavy atom. The van der Waals surface area contributed by atoms with E-state index in [0.717, 1.165) is 6.07 Å². The smallest absolute Gasteiger partial charge is 0.338 e. The van der Waals surface area contributed by atoms with Gasteiger partial charge in [0.15, 0.2) is 17.7 Å². The third kappa shape index (κ3) is 2.92. The molecule has 0 spiro atoms. The Kier molecular flexibility index (Phi) is 4.42. The highest BCUT2D eigenvalue weighted by Crippen LogP contribution is 2.28. The first kappa shape index (κ1) is 13.4. The van der Waals surface area contributed by atoms with Crippen molar-refractivity contribution in [2.45, 2.75) is 19.1 Å². The lowest BCUT2D eigenvalue weighted by atomic mass is 10.0. The third-order valence-corrected chi connectivity index (χ3v) is 2.16. The summed E-state index contributed by atoms with van der Waals surface area (Å²) in [6, 6.07) is 3.43. The van der Waals surface area contributed by atoms with E-state index in [2.05, 4.69) is 4.74 Å². The molecule has 0 radical (unpaired) electrons. The molecule has 5 nitrogen and oxygen atoms in total. The van der Waals surface area contributed by atoms with Gasteiger partial charge in [0.2, 0.25) is 0 Å². The zero-order chi connectivity index (χ0) is 13.0. The van der Waals surface area contributed by atoms with Crippen LogP contribution in [0.5, 0.6) is 5.75 Å². The van der Waals surface area contributed by atoms with Gasteiger partial charge < -0.3 is 20.1 Å². The molecule has 0 aliphatic heterocycles. The predicted octanol–water partition coefficient (Wildman–Crippen LogP) is 0.489. The van der Waals surface area contributed by atoms with E-state index in [1.54, 1.807) is 0 Å². The molecule has 0 saturated heterocycles. The molecule has 0 bridgehead atoms.